The van der Waals surface area contributed by atoms with Crippen molar-refractivity contribution in [2.45, 2.75) is 18.3 Å². The molecule has 1 fully saturated rings. The largest absolute Gasteiger partial charge is 0.490 e. The van der Waals surface area contributed by atoms with Crippen LogP contribution >= 0.6 is 31.9 Å². The summed E-state index contributed by atoms with van der Waals surface area (Å²) in [7, 11) is 0. The number of hydrogen-bond acceptors (Lipinski definition) is 1. The fourth-order valence-corrected chi connectivity index (χ4v) is 3.31. The first kappa shape index (κ1) is 15.8. The van der Waals surface area contributed by atoms with Gasteiger partial charge in [0.25, 0.3) is 0 Å². The molecule has 0 heterocycles. The molecule has 3 rings (SSSR count). The van der Waals surface area contributed by atoms with Crippen molar-refractivity contribution >= 4 is 31.9 Å². The van der Waals surface area contributed by atoms with Gasteiger partial charge in [-0.25, -0.2) is 0 Å². The van der Waals surface area contributed by atoms with E-state index in [4.69, 9.17) is 4.74 Å². The average Bonchev–Trinajstić information content (AvgIpc) is 3.35. The van der Waals surface area contributed by atoms with Crippen LogP contribution in [0.1, 0.15) is 24.0 Å². The third-order valence-electron chi connectivity index (χ3n) is 4.16. The number of halogens is 2. The van der Waals surface area contributed by atoms with E-state index in [0.29, 0.717) is 6.61 Å². The van der Waals surface area contributed by atoms with Gasteiger partial charge in [0, 0.05) is 15.2 Å². The van der Waals surface area contributed by atoms with Gasteiger partial charge in [-0.05, 0) is 48.2 Å². The second-order valence-corrected chi connectivity index (χ2v) is 7.11. The molecule has 0 atom stereocenters. The van der Waals surface area contributed by atoms with Crippen LogP contribution in [0.15, 0.2) is 65.2 Å². The predicted molar refractivity (Wildman–Crippen MR) is 99.0 cm³/mol. The Kier molecular flexibility index (Phi) is 5.04. The summed E-state index contributed by atoms with van der Waals surface area (Å²) in [5, 5.41) is 0.866. The van der Waals surface area contributed by atoms with E-state index in [0.717, 1.165) is 15.6 Å². The van der Waals surface area contributed by atoms with Crippen LogP contribution in [0.4, 0.5) is 0 Å². The molecule has 0 saturated heterocycles. The summed E-state index contributed by atoms with van der Waals surface area (Å²) in [5.74, 6) is 0.926. The summed E-state index contributed by atoms with van der Waals surface area (Å²) in [5.41, 5.74) is 3.01. The molecule has 1 aliphatic rings. The van der Waals surface area contributed by atoms with Crippen molar-refractivity contribution in [3.05, 3.63) is 76.3 Å². The molecular weight excluding hydrogens is 404 g/mol. The molecule has 22 heavy (non-hydrogen) atoms. The Hall–Kier alpha value is -1.06. The number of hydrogen-bond donors (Lipinski definition) is 0. The molecule has 0 unspecified atom stereocenters. The first-order valence-electron chi connectivity index (χ1n) is 7.45. The van der Waals surface area contributed by atoms with E-state index in [9.17, 15) is 0 Å². The van der Waals surface area contributed by atoms with Crippen LogP contribution in [0.2, 0.25) is 0 Å². The molecule has 2 aromatic rings. The van der Waals surface area contributed by atoms with E-state index in [1.165, 1.54) is 24.0 Å². The number of rotatable bonds is 6. The van der Waals surface area contributed by atoms with E-state index in [1.807, 2.05) is 12.2 Å². The fraction of sp³-hybridized carbons (Fsp3) is 0.263. The van der Waals surface area contributed by atoms with Crippen LogP contribution < -0.4 is 4.74 Å². The fourth-order valence-electron chi connectivity index (χ4n) is 2.78. The highest BCUT2D eigenvalue weighted by atomic mass is 79.9. The lowest BCUT2D eigenvalue weighted by Gasteiger charge is -2.17. The average molecular weight is 422 g/mol. The van der Waals surface area contributed by atoms with Crippen LogP contribution in [0, 0.1) is 0 Å². The van der Waals surface area contributed by atoms with Gasteiger partial charge in [-0.1, -0.05) is 68.3 Å². The minimum absolute atomic E-state index is 0.217. The van der Waals surface area contributed by atoms with Crippen molar-refractivity contribution in [3.63, 3.8) is 0 Å². The Morgan fingerprint density at radius 3 is 2.05 bits per heavy atom. The normalized spacial score (nSPS) is 15.9. The van der Waals surface area contributed by atoms with Crippen molar-refractivity contribution in [2.75, 3.05) is 11.9 Å². The smallest absolute Gasteiger partial charge is 0.119 e. The molecule has 0 aromatic heterocycles. The molecule has 1 aliphatic carbocycles. The molecule has 0 amide bonds. The lowest BCUT2D eigenvalue weighted by atomic mass is 9.88. The van der Waals surface area contributed by atoms with E-state index in [-0.39, 0.29) is 5.41 Å². The van der Waals surface area contributed by atoms with Gasteiger partial charge >= 0.3 is 0 Å². The maximum Gasteiger partial charge on any atom is 0.119 e. The van der Waals surface area contributed by atoms with E-state index >= 15 is 0 Å². The van der Waals surface area contributed by atoms with Crippen molar-refractivity contribution in [1.29, 1.82) is 0 Å². The minimum Gasteiger partial charge on any atom is -0.490 e. The van der Waals surface area contributed by atoms with Gasteiger partial charge in [-0.3, -0.25) is 0 Å². The Labute approximate surface area is 148 Å². The number of alkyl halides is 1. The summed E-state index contributed by atoms with van der Waals surface area (Å²) in [6, 6.07) is 17.3. The summed E-state index contributed by atoms with van der Waals surface area (Å²) in [6.45, 7) is 0.614. The zero-order valence-electron chi connectivity index (χ0n) is 12.3. The first-order valence-corrected chi connectivity index (χ1v) is 9.36. The van der Waals surface area contributed by atoms with Gasteiger partial charge in [0.1, 0.15) is 12.4 Å². The van der Waals surface area contributed by atoms with Crippen LogP contribution in [0.5, 0.6) is 5.75 Å². The summed E-state index contributed by atoms with van der Waals surface area (Å²) >= 11 is 6.86. The predicted octanol–water partition coefficient (Wildman–Crippen LogP) is 5.86. The number of benzene rings is 2. The second kappa shape index (κ2) is 7.01. The van der Waals surface area contributed by atoms with Gasteiger partial charge in [0.05, 0.1) is 0 Å². The highest BCUT2D eigenvalue weighted by molar-refractivity contribution is 9.10. The van der Waals surface area contributed by atoms with Crippen LogP contribution in [0.3, 0.4) is 0 Å². The van der Waals surface area contributed by atoms with E-state index in [1.54, 1.807) is 0 Å². The minimum atomic E-state index is 0.217. The van der Waals surface area contributed by atoms with Gasteiger partial charge in [-0.15, -0.1) is 0 Å². The van der Waals surface area contributed by atoms with Crippen molar-refractivity contribution in [2.24, 2.45) is 0 Å². The highest BCUT2D eigenvalue weighted by Gasteiger charge is 2.45. The summed E-state index contributed by atoms with van der Waals surface area (Å²) in [4.78, 5) is 0. The van der Waals surface area contributed by atoms with Gasteiger partial charge < -0.3 is 4.74 Å². The summed E-state index contributed by atoms with van der Waals surface area (Å²) in [6.07, 6.45) is 6.51. The third-order valence-corrected chi connectivity index (χ3v) is 5.06. The molecule has 114 valence electrons. The molecule has 1 nitrogen and oxygen atoms in total. The van der Waals surface area contributed by atoms with Crippen LogP contribution in [-0.4, -0.2) is 11.9 Å². The third kappa shape index (κ3) is 3.47. The molecule has 0 bridgehead atoms. The van der Waals surface area contributed by atoms with Gasteiger partial charge in [-0.2, -0.15) is 0 Å². The maximum absolute atomic E-state index is 5.70. The zero-order chi connectivity index (χ0) is 15.4. The molecule has 0 aliphatic heterocycles. The topological polar surface area (TPSA) is 9.23 Å². The van der Waals surface area contributed by atoms with Crippen molar-refractivity contribution in [3.8, 4) is 5.75 Å². The summed E-state index contributed by atoms with van der Waals surface area (Å²) < 4.78 is 6.84. The zero-order valence-corrected chi connectivity index (χ0v) is 15.4. The lowest BCUT2D eigenvalue weighted by Crippen LogP contribution is -2.08. The molecule has 0 N–H and O–H groups in total. The van der Waals surface area contributed by atoms with E-state index < -0.39 is 0 Å². The first-order chi connectivity index (χ1) is 10.7. The molecule has 3 heteroatoms. The van der Waals surface area contributed by atoms with Crippen LogP contribution in [-0.2, 0) is 5.41 Å². The van der Waals surface area contributed by atoms with Crippen molar-refractivity contribution in [1.82, 2.24) is 0 Å². The Morgan fingerprint density at radius 1 is 0.909 bits per heavy atom. The van der Waals surface area contributed by atoms with Crippen LogP contribution in [0.25, 0.3) is 0 Å². The molecule has 0 spiro atoms. The van der Waals surface area contributed by atoms with Gasteiger partial charge in [0.15, 0.2) is 0 Å². The Balaban J connectivity index is 1.72. The molecule has 1 saturated carbocycles. The lowest BCUT2D eigenvalue weighted by molar-refractivity contribution is 0.362. The number of allylic oxidation sites excluding steroid dienone is 1. The monoisotopic (exact) mass is 420 g/mol. The highest BCUT2D eigenvalue weighted by Crippen LogP contribution is 2.53. The van der Waals surface area contributed by atoms with E-state index in [2.05, 4.69) is 80.4 Å². The molecular formula is C19H18Br2O. The standard InChI is InChI=1S/C19H18Br2O/c20-13-1-2-14-22-18-9-5-16(6-10-18)19(11-12-19)15-3-7-17(21)8-4-15/h1-10H,11-14H2/b2-1+. The van der Waals surface area contributed by atoms with Gasteiger partial charge in [0.2, 0.25) is 0 Å². The Morgan fingerprint density at radius 2 is 1.50 bits per heavy atom. The van der Waals surface area contributed by atoms with Crippen molar-refractivity contribution < 1.29 is 4.74 Å². The Bertz CT molecular complexity index is 640. The molecule has 2 aromatic carbocycles. The number of ether oxygens (including phenoxy) is 1. The SMILES string of the molecule is BrC/C=C/COc1ccc(C2(c3ccc(Br)cc3)CC2)cc1. The maximum atomic E-state index is 5.70. The second-order valence-electron chi connectivity index (χ2n) is 5.55. The quantitative estimate of drug-likeness (QED) is 0.419. The molecule has 0 radical (unpaired) electrons.